The summed E-state index contributed by atoms with van der Waals surface area (Å²) in [6.45, 7) is 14.3. The largest absolute Gasteiger partial charge is 0.464 e. The van der Waals surface area contributed by atoms with E-state index in [0.717, 1.165) is 38.5 Å². The Bertz CT molecular complexity index is 724. The Morgan fingerprint density at radius 2 is 1.90 bits per heavy atom. The van der Waals surface area contributed by atoms with Crippen LogP contribution in [-0.2, 0) is 9.53 Å². The van der Waals surface area contributed by atoms with Gasteiger partial charge in [0.05, 0.1) is 6.10 Å². The van der Waals surface area contributed by atoms with Gasteiger partial charge in [0.2, 0.25) is 0 Å². The highest BCUT2D eigenvalue weighted by molar-refractivity contribution is 5.38. The molecule has 4 rings (SSSR count). The standard InChI is InChI=1S/C28H44O3/c1-18(2)19(3)6-11-26(31-17-29)25-10-9-23-22-8-7-20-16-21(30)12-14-27(20,4)24(22)13-15-28(23,25)5/h8,17-18,20-21,23-26,30H,3,6-7,9-16H2,1-2,4-5H3. The van der Waals surface area contributed by atoms with Crippen LogP contribution in [0.3, 0.4) is 0 Å². The number of fused-ring (bicyclic) bond motifs is 5. The topological polar surface area (TPSA) is 46.5 Å². The minimum atomic E-state index is -0.0976. The van der Waals surface area contributed by atoms with Crippen molar-refractivity contribution in [3.05, 3.63) is 23.8 Å². The van der Waals surface area contributed by atoms with Crippen molar-refractivity contribution < 1.29 is 14.6 Å². The summed E-state index contributed by atoms with van der Waals surface area (Å²) < 4.78 is 5.75. The van der Waals surface area contributed by atoms with E-state index in [9.17, 15) is 9.90 Å². The summed E-state index contributed by atoms with van der Waals surface area (Å²) in [5, 5.41) is 10.3. The highest BCUT2D eigenvalue weighted by atomic mass is 16.5. The molecule has 0 aromatic carbocycles. The number of hydrogen-bond donors (Lipinski definition) is 1. The Morgan fingerprint density at radius 1 is 1.19 bits per heavy atom. The molecule has 4 aliphatic carbocycles. The number of hydrogen-bond acceptors (Lipinski definition) is 3. The van der Waals surface area contributed by atoms with E-state index in [1.54, 1.807) is 5.57 Å². The summed E-state index contributed by atoms with van der Waals surface area (Å²) in [5.74, 6) is 2.88. The quantitative estimate of drug-likeness (QED) is 0.374. The molecule has 31 heavy (non-hydrogen) atoms. The molecular weight excluding hydrogens is 384 g/mol. The number of aliphatic hydroxyl groups is 1. The number of rotatable bonds is 7. The fraction of sp³-hybridized carbons (Fsp3) is 0.821. The first kappa shape index (κ1) is 23.1. The molecule has 174 valence electrons. The predicted molar refractivity (Wildman–Crippen MR) is 125 cm³/mol. The van der Waals surface area contributed by atoms with E-state index in [1.807, 2.05) is 0 Å². The first-order valence-electron chi connectivity index (χ1n) is 12.9. The minimum Gasteiger partial charge on any atom is -0.464 e. The van der Waals surface area contributed by atoms with Crippen LogP contribution in [0.5, 0.6) is 0 Å². The molecule has 0 bridgehead atoms. The van der Waals surface area contributed by atoms with Crippen LogP contribution in [0.1, 0.15) is 91.9 Å². The Kier molecular flexibility index (Phi) is 6.47. The van der Waals surface area contributed by atoms with E-state index in [1.165, 1.54) is 31.3 Å². The van der Waals surface area contributed by atoms with E-state index in [-0.39, 0.29) is 17.6 Å². The first-order chi connectivity index (χ1) is 14.7. The zero-order chi connectivity index (χ0) is 22.4. The molecule has 1 N–H and O–H groups in total. The Hall–Kier alpha value is -1.09. The van der Waals surface area contributed by atoms with Gasteiger partial charge in [0.1, 0.15) is 6.10 Å². The number of carbonyl (C=O) groups is 1. The molecule has 3 nitrogen and oxygen atoms in total. The van der Waals surface area contributed by atoms with Gasteiger partial charge in [-0.25, -0.2) is 0 Å². The van der Waals surface area contributed by atoms with Crippen LogP contribution in [0.4, 0.5) is 0 Å². The molecule has 3 saturated carbocycles. The first-order valence-corrected chi connectivity index (χ1v) is 12.9. The third kappa shape index (κ3) is 3.94. The fourth-order valence-corrected chi connectivity index (χ4v) is 8.19. The zero-order valence-corrected chi connectivity index (χ0v) is 20.2. The Labute approximate surface area is 189 Å². The van der Waals surface area contributed by atoms with Crippen molar-refractivity contribution >= 4 is 6.47 Å². The van der Waals surface area contributed by atoms with Crippen LogP contribution in [0.2, 0.25) is 0 Å². The molecule has 8 atom stereocenters. The van der Waals surface area contributed by atoms with Crippen molar-refractivity contribution in [1.82, 2.24) is 0 Å². The molecule has 3 fully saturated rings. The Morgan fingerprint density at radius 3 is 2.61 bits per heavy atom. The number of ether oxygens (including phenoxy) is 1. The van der Waals surface area contributed by atoms with Gasteiger partial charge >= 0.3 is 0 Å². The maximum atomic E-state index is 11.4. The van der Waals surface area contributed by atoms with Crippen LogP contribution >= 0.6 is 0 Å². The second-order valence-electron chi connectivity index (χ2n) is 12.0. The van der Waals surface area contributed by atoms with Crippen molar-refractivity contribution in [2.75, 3.05) is 0 Å². The summed E-state index contributed by atoms with van der Waals surface area (Å²) in [5.41, 5.74) is 3.57. The van der Waals surface area contributed by atoms with Gasteiger partial charge in [-0.1, -0.05) is 51.5 Å². The normalized spacial score (nSPS) is 42.8. The molecule has 3 heteroatoms. The van der Waals surface area contributed by atoms with E-state index < -0.39 is 0 Å². The van der Waals surface area contributed by atoms with Crippen molar-refractivity contribution in [1.29, 1.82) is 0 Å². The van der Waals surface area contributed by atoms with Gasteiger partial charge in [-0.2, -0.15) is 0 Å². The molecule has 4 aliphatic rings. The van der Waals surface area contributed by atoms with Crippen molar-refractivity contribution in [3.8, 4) is 0 Å². The Balaban J connectivity index is 1.54. The molecule has 0 aromatic heterocycles. The smallest absolute Gasteiger partial charge is 0.293 e. The average molecular weight is 429 g/mol. The molecule has 0 aromatic rings. The molecule has 0 aliphatic heterocycles. The van der Waals surface area contributed by atoms with Gasteiger partial charge in [-0.3, -0.25) is 4.79 Å². The molecule has 0 heterocycles. The molecule has 0 amide bonds. The number of allylic oxidation sites excluding steroid dienone is 3. The molecule has 0 radical (unpaired) electrons. The summed E-state index contributed by atoms with van der Waals surface area (Å²) in [6.07, 6.45) is 13.5. The lowest BCUT2D eigenvalue weighted by atomic mass is 9.48. The predicted octanol–water partition coefficient (Wildman–Crippen LogP) is 6.46. The average Bonchev–Trinajstić information content (AvgIpc) is 3.08. The van der Waals surface area contributed by atoms with Gasteiger partial charge < -0.3 is 9.84 Å². The summed E-state index contributed by atoms with van der Waals surface area (Å²) in [6, 6.07) is 0. The van der Waals surface area contributed by atoms with Gasteiger partial charge in [0.25, 0.3) is 6.47 Å². The SMILES string of the molecule is C=C(CCC(OC=O)C1CCC2C3=CCC4CC(O)CCC4(C)C3CCC21C)C(C)C. The van der Waals surface area contributed by atoms with E-state index in [4.69, 9.17) is 4.74 Å². The van der Waals surface area contributed by atoms with Crippen molar-refractivity contribution in [2.24, 2.45) is 40.4 Å². The van der Waals surface area contributed by atoms with Gasteiger partial charge in [0, 0.05) is 5.92 Å². The molecular formula is C28H44O3. The lowest BCUT2D eigenvalue weighted by Crippen LogP contribution is -2.50. The van der Waals surface area contributed by atoms with Crippen molar-refractivity contribution in [2.45, 2.75) is 104 Å². The third-order valence-corrected chi connectivity index (χ3v) is 10.4. The summed E-state index contributed by atoms with van der Waals surface area (Å²) in [4.78, 5) is 11.4. The van der Waals surface area contributed by atoms with Gasteiger partial charge in [-0.05, 0) is 98.7 Å². The van der Waals surface area contributed by atoms with Gasteiger partial charge in [0.15, 0.2) is 0 Å². The lowest BCUT2D eigenvalue weighted by Gasteiger charge is -2.57. The van der Waals surface area contributed by atoms with E-state index >= 15 is 0 Å². The monoisotopic (exact) mass is 428 g/mol. The highest BCUT2D eigenvalue weighted by Crippen LogP contribution is 2.66. The second-order valence-corrected chi connectivity index (χ2v) is 12.0. The maximum Gasteiger partial charge on any atom is 0.293 e. The van der Waals surface area contributed by atoms with Crippen LogP contribution in [0, 0.1) is 40.4 Å². The number of aliphatic hydroxyl groups excluding tert-OH is 1. The van der Waals surface area contributed by atoms with Crippen molar-refractivity contribution in [3.63, 3.8) is 0 Å². The molecule has 0 spiro atoms. The van der Waals surface area contributed by atoms with Crippen LogP contribution in [0.15, 0.2) is 23.8 Å². The van der Waals surface area contributed by atoms with E-state index in [2.05, 4.69) is 40.3 Å². The van der Waals surface area contributed by atoms with Gasteiger partial charge in [-0.15, -0.1) is 0 Å². The van der Waals surface area contributed by atoms with Crippen LogP contribution in [-0.4, -0.2) is 23.8 Å². The summed E-state index contributed by atoms with van der Waals surface area (Å²) in [7, 11) is 0. The highest BCUT2D eigenvalue weighted by Gasteiger charge is 2.58. The number of carbonyl (C=O) groups excluding carboxylic acids is 1. The molecule has 8 unspecified atom stereocenters. The maximum absolute atomic E-state index is 11.4. The minimum absolute atomic E-state index is 0.0110. The third-order valence-electron chi connectivity index (χ3n) is 10.4. The summed E-state index contributed by atoms with van der Waals surface area (Å²) >= 11 is 0. The molecule has 0 saturated heterocycles. The fourth-order valence-electron chi connectivity index (χ4n) is 8.19. The van der Waals surface area contributed by atoms with Crippen LogP contribution in [0.25, 0.3) is 0 Å². The van der Waals surface area contributed by atoms with E-state index in [0.29, 0.717) is 41.5 Å². The lowest BCUT2D eigenvalue weighted by molar-refractivity contribution is -0.140. The second kappa shape index (κ2) is 8.69. The zero-order valence-electron chi connectivity index (χ0n) is 20.2. The van der Waals surface area contributed by atoms with Crippen LogP contribution < -0.4 is 0 Å².